The quantitative estimate of drug-likeness (QED) is 0.538. The Morgan fingerprint density at radius 1 is 1.38 bits per heavy atom. The molecular formula is C10H19LrNO-2. The normalized spacial score (nSPS) is 27.2. The number of piperidine rings is 1. The van der Waals surface area contributed by atoms with Crippen molar-refractivity contribution in [3.05, 3.63) is 13.3 Å². The fourth-order valence-electron chi connectivity index (χ4n) is 2.43. The van der Waals surface area contributed by atoms with Crippen molar-refractivity contribution in [2.24, 2.45) is 5.41 Å². The summed E-state index contributed by atoms with van der Waals surface area (Å²) in [6.07, 6.45) is 1.29. The average Bonchev–Trinajstić information content (AvgIpc) is 1.82. The fourth-order valence-corrected chi connectivity index (χ4v) is 2.43. The van der Waals surface area contributed by atoms with E-state index in [2.05, 4.69) is 18.9 Å². The van der Waals surface area contributed by atoms with Crippen LogP contribution in [-0.4, -0.2) is 38.3 Å². The Labute approximate surface area is 75.9 Å². The van der Waals surface area contributed by atoms with Crippen LogP contribution in [-0.2, 0) is 4.74 Å². The molecule has 0 aromatic heterocycles. The third kappa shape index (κ3) is 1.99. The Bertz CT molecular complexity index is 147. The van der Waals surface area contributed by atoms with Crippen molar-refractivity contribution in [1.82, 2.24) is 4.90 Å². The molecule has 3 heteroatoms. The topological polar surface area (TPSA) is 12.5 Å². The van der Waals surface area contributed by atoms with E-state index in [0.717, 1.165) is 13.2 Å². The summed E-state index contributed by atoms with van der Waals surface area (Å²) >= 11 is 0. The van der Waals surface area contributed by atoms with Gasteiger partial charge in [0.25, 0.3) is 0 Å². The molecule has 2 rings (SSSR count). The second-order valence-corrected chi connectivity index (χ2v) is 4.30. The van der Waals surface area contributed by atoms with Crippen molar-refractivity contribution >= 4 is 0 Å². The molecule has 0 aromatic carbocycles. The van der Waals surface area contributed by atoms with Gasteiger partial charge in [0.05, 0.1) is 13.2 Å². The molecule has 0 unspecified atom stereocenters. The predicted molar refractivity (Wildman–Crippen MR) is 50.7 cm³/mol. The van der Waals surface area contributed by atoms with Crippen molar-refractivity contribution in [3.8, 4) is 0 Å². The van der Waals surface area contributed by atoms with Crippen LogP contribution in [0.3, 0.4) is 0 Å². The molecule has 2 fully saturated rings. The van der Waals surface area contributed by atoms with E-state index in [1.807, 2.05) is 0 Å². The molecule has 0 atom stereocenters. The minimum absolute atomic E-state index is 0. The molecule has 2 heterocycles. The van der Waals surface area contributed by atoms with Gasteiger partial charge in [0.15, 0.2) is 0 Å². The Morgan fingerprint density at radius 3 is 2.38 bits per heavy atom. The van der Waals surface area contributed by atoms with Crippen molar-refractivity contribution in [2.45, 2.75) is 13.3 Å². The van der Waals surface area contributed by atoms with E-state index in [0.29, 0.717) is 5.41 Å². The van der Waals surface area contributed by atoms with Gasteiger partial charge < -0.3 is 23.0 Å². The summed E-state index contributed by atoms with van der Waals surface area (Å²) in [7, 11) is 2.20. The molecule has 0 aliphatic carbocycles. The van der Waals surface area contributed by atoms with Gasteiger partial charge in [0, 0.05) is 12.0 Å². The first-order valence-corrected chi connectivity index (χ1v) is 4.28. The van der Waals surface area contributed by atoms with Gasteiger partial charge in [-0.3, -0.25) is 0 Å². The molecule has 2 aliphatic rings. The van der Waals surface area contributed by atoms with E-state index >= 15 is 0 Å². The Balaban J connectivity index is 0.000000720. The maximum absolute atomic E-state index is 5.27. The Morgan fingerprint density at radius 2 is 2.00 bits per heavy atom. The second kappa shape index (κ2) is 3.75. The number of hydrogen-bond acceptors (Lipinski definition) is 2. The van der Waals surface area contributed by atoms with Gasteiger partial charge in [-0.05, 0) is 7.05 Å². The number of rotatable bonds is 0. The van der Waals surface area contributed by atoms with E-state index in [1.54, 1.807) is 5.92 Å². The van der Waals surface area contributed by atoms with Gasteiger partial charge in [-0.1, -0.05) is 0 Å². The van der Waals surface area contributed by atoms with Crippen LogP contribution in [0.4, 0.5) is 0 Å². The Kier molecular flexibility index (Phi) is 3.44. The smallest absolute Gasteiger partial charge is 0.0532 e. The molecule has 2 aliphatic heterocycles. The molecule has 1 radical (unpaired) electrons. The first kappa shape index (κ1) is 11.9. The first-order valence-electron chi connectivity index (χ1n) is 4.28. The molecular weight excluding hydrogens is 412 g/mol. The monoisotopic (exact) mass is 431 g/mol. The summed E-state index contributed by atoms with van der Waals surface area (Å²) in [4.78, 5) is 2.40. The van der Waals surface area contributed by atoms with E-state index in [1.165, 1.54) is 19.5 Å². The van der Waals surface area contributed by atoms with E-state index < -0.39 is 0 Å². The van der Waals surface area contributed by atoms with Crippen LogP contribution < -0.4 is 0 Å². The zero-order chi connectivity index (χ0) is 7.90. The zero-order valence-corrected chi connectivity index (χ0v) is 10.8. The van der Waals surface area contributed by atoms with Crippen LogP contribution in [0.15, 0.2) is 0 Å². The minimum atomic E-state index is 0. The first-order chi connectivity index (χ1) is 5.20. The molecule has 0 bridgehead atoms. The standard InChI is InChI=1S/C9H16NO.CH3.Lr/c1-8-3-9(6-11-7-9)5-10(2)4-8;;/h3-7H2,1-2H3;1H3;/q2*-1;. The maximum atomic E-state index is 5.27. The summed E-state index contributed by atoms with van der Waals surface area (Å²) in [6.45, 7) is 6.63. The van der Waals surface area contributed by atoms with Crippen LogP contribution in [0, 0.1) is 18.8 Å². The minimum Gasteiger partial charge on any atom is -0.380 e. The van der Waals surface area contributed by atoms with Gasteiger partial charge in [-0.2, -0.15) is 13.3 Å². The van der Waals surface area contributed by atoms with Gasteiger partial charge in [-0.15, -0.1) is 6.54 Å². The fraction of sp³-hybridized carbons (Fsp3) is 0.800. The number of nitrogens with zero attached hydrogens (tertiary/aromatic N) is 1. The van der Waals surface area contributed by atoms with E-state index in [4.69, 9.17) is 4.74 Å². The van der Waals surface area contributed by atoms with Crippen LogP contribution in [0.1, 0.15) is 13.3 Å². The van der Waals surface area contributed by atoms with Gasteiger partial charge in [0.1, 0.15) is 0 Å². The van der Waals surface area contributed by atoms with Crippen molar-refractivity contribution in [3.63, 3.8) is 0 Å². The van der Waals surface area contributed by atoms with Crippen molar-refractivity contribution in [2.75, 3.05) is 33.4 Å². The number of likely N-dealkylation sites (tertiary alicyclic amines) is 1. The third-order valence-electron chi connectivity index (χ3n) is 2.64. The SMILES string of the molecule is C[C-]1CN(C)CC2(COC2)C1.[CH3-].[Lr]. The predicted octanol–water partition coefficient (Wildman–Crippen LogP) is 1.38. The molecule has 87 valence electrons. The maximum Gasteiger partial charge on any atom is 0.0532 e. The van der Waals surface area contributed by atoms with E-state index in [-0.39, 0.29) is 7.43 Å². The second-order valence-electron chi connectivity index (χ2n) is 4.30. The van der Waals surface area contributed by atoms with Crippen LogP contribution in [0.2, 0.25) is 0 Å². The third-order valence-corrected chi connectivity index (χ3v) is 2.64. The summed E-state index contributed by atoms with van der Waals surface area (Å²) in [5.41, 5.74) is 0.511. The Hall–Kier alpha value is -1.08. The van der Waals surface area contributed by atoms with Gasteiger partial charge >= 0.3 is 0 Å². The summed E-state index contributed by atoms with van der Waals surface area (Å²) in [5, 5.41) is 0. The van der Waals surface area contributed by atoms with Crippen LogP contribution in [0.25, 0.3) is 0 Å². The molecule has 0 aromatic rings. The molecule has 1 spiro atoms. The molecule has 2 saturated heterocycles. The summed E-state index contributed by atoms with van der Waals surface area (Å²) < 4.78 is 5.27. The summed E-state index contributed by atoms with van der Waals surface area (Å²) in [5.74, 6) is 1.61. The van der Waals surface area contributed by atoms with E-state index in [9.17, 15) is 0 Å². The van der Waals surface area contributed by atoms with Crippen molar-refractivity contribution in [1.29, 1.82) is 0 Å². The molecule has 13 heavy (non-hydrogen) atoms. The zero-order valence-electron chi connectivity index (χ0n) is 8.65. The van der Waals surface area contributed by atoms with Gasteiger partial charge in [0.2, 0.25) is 0 Å². The van der Waals surface area contributed by atoms with Gasteiger partial charge in [-0.25, -0.2) is 0 Å². The van der Waals surface area contributed by atoms with Crippen LogP contribution in [0.5, 0.6) is 0 Å². The molecule has 2 nitrogen and oxygen atoms in total. The number of ether oxygens (including phenoxy) is 1. The van der Waals surface area contributed by atoms with Crippen LogP contribution >= 0.6 is 0 Å². The van der Waals surface area contributed by atoms with Crippen molar-refractivity contribution < 1.29 is 4.74 Å². The largest absolute Gasteiger partial charge is 0.380 e. The molecule has 0 amide bonds. The number of hydrogen-bond donors (Lipinski definition) is 0. The average molecular weight is 431 g/mol. The molecule has 0 N–H and O–H groups in total. The molecule has 0 saturated carbocycles. The summed E-state index contributed by atoms with van der Waals surface area (Å²) in [6, 6.07) is 0.